The Hall–Kier alpha value is -2.85. The maximum atomic E-state index is 12.8. The lowest BCUT2D eigenvalue weighted by Crippen LogP contribution is -2.15. The molecule has 0 saturated carbocycles. The first kappa shape index (κ1) is 19.9. The van der Waals surface area contributed by atoms with Crippen molar-refractivity contribution in [2.24, 2.45) is 0 Å². The number of nitrogens with one attached hydrogen (secondary N) is 1. The minimum absolute atomic E-state index is 0.0616. The molecule has 0 aliphatic heterocycles. The fourth-order valence-electron chi connectivity index (χ4n) is 3.35. The Labute approximate surface area is 167 Å². The van der Waals surface area contributed by atoms with E-state index in [0.29, 0.717) is 0 Å². The highest BCUT2D eigenvalue weighted by Gasteiger charge is 2.16. The molecule has 2 aromatic carbocycles. The standard InChI is InChI=1S/C24H29N3O/c1-18-16-23(19(2)27(18)17-21-8-6-5-7-9-21)24(28)25-22-12-10-20(11-13-22)14-15-26(3)4/h5-13,16H,14-15,17H2,1-4H3,(H,25,28). The molecule has 0 spiro atoms. The van der Waals surface area contributed by atoms with Gasteiger partial charge in [-0.3, -0.25) is 4.79 Å². The predicted molar refractivity (Wildman–Crippen MR) is 116 cm³/mol. The molecule has 1 N–H and O–H groups in total. The lowest BCUT2D eigenvalue weighted by atomic mass is 10.1. The van der Waals surface area contributed by atoms with Gasteiger partial charge in [-0.1, -0.05) is 42.5 Å². The van der Waals surface area contributed by atoms with Crippen molar-refractivity contribution in [3.8, 4) is 0 Å². The van der Waals surface area contributed by atoms with Gasteiger partial charge in [0.05, 0.1) is 5.56 Å². The summed E-state index contributed by atoms with van der Waals surface area (Å²) >= 11 is 0. The summed E-state index contributed by atoms with van der Waals surface area (Å²) in [7, 11) is 4.14. The molecule has 0 saturated heterocycles. The van der Waals surface area contributed by atoms with Crippen molar-refractivity contribution in [1.29, 1.82) is 0 Å². The van der Waals surface area contributed by atoms with Crippen molar-refractivity contribution < 1.29 is 4.79 Å². The van der Waals surface area contributed by atoms with Gasteiger partial charge in [0, 0.05) is 30.2 Å². The fraction of sp³-hybridized carbons (Fsp3) is 0.292. The molecule has 0 radical (unpaired) electrons. The van der Waals surface area contributed by atoms with Crippen LogP contribution >= 0.6 is 0 Å². The Morgan fingerprint density at radius 1 is 0.964 bits per heavy atom. The van der Waals surface area contributed by atoms with Crippen LogP contribution in [0.3, 0.4) is 0 Å². The topological polar surface area (TPSA) is 37.3 Å². The maximum absolute atomic E-state index is 12.8. The Bertz CT molecular complexity index is 924. The van der Waals surface area contributed by atoms with Crippen LogP contribution in [0.2, 0.25) is 0 Å². The van der Waals surface area contributed by atoms with E-state index in [2.05, 4.69) is 53.1 Å². The average molecular weight is 376 g/mol. The van der Waals surface area contributed by atoms with Crippen molar-refractivity contribution in [2.75, 3.05) is 26.0 Å². The summed E-state index contributed by atoms with van der Waals surface area (Å²) in [5, 5.41) is 3.03. The first-order valence-electron chi connectivity index (χ1n) is 9.69. The van der Waals surface area contributed by atoms with Gasteiger partial charge in [0.1, 0.15) is 0 Å². The van der Waals surface area contributed by atoms with Gasteiger partial charge in [-0.05, 0) is 63.7 Å². The fourth-order valence-corrected chi connectivity index (χ4v) is 3.35. The summed E-state index contributed by atoms with van der Waals surface area (Å²) < 4.78 is 2.19. The normalized spacial score (nSPS) is 11.0. The number of carbonyl (C=O) groups excluding carboxylic acids is 1. The summed E-state index contributed by atoms with van der Waals surface area (Å²) in [6, 6.07) is 20.4. The Morgan fingerprint density at radius 2 is 1.64 bits per heavy atom. The number of nitrogens with zero attached hydrogens (tertiary/aromatic N) is 2. The number of likely N-dealkylation sites (N-methyl/N-ethyl adjacent to an activating group) is 1. The second-order valence-corrected chi connectivity index (χ2v) is 7.56. The van der Waals surface area contributed by atoms with E-state index in [-0.39, 0.29) is 5.91 Å². The van der Waals surface area contributed by atoms with Crippen LogP contribution < -0.4 is 5.32 Å². The first-order valence-corrected chi connectivity index (χ1v) is 9.69. The van der Waals surface area contributed by atoms with Gasteiger partial charge < -0.3 is 14.8 Å². The van der Waals surface area contributed by atoms with Crippen LogP contribution in [0.4, 0.5) is 5.69 Å². The molecule has 0 bridgehead atoms. The van der Waals surface area contributed by atoms with Gasteiger partial charge in [0.25, 0.3) is 5.91 Å². The van der Waals surface area contributed by atoms with Crippen molar-refractivity contribution in [3.63, 3.8) is 0 Å². The number of rotatable bonds is 7. The number of benzene rings is 2. The Morgan fingerprint density at radius 3 is 2.29 bits per heavy atom. The van der Waals surface area contributed by atoms with E-state index < -0.39 is 0 Å². The molecule has 0 fully saturated rings. The summed E-state index contributed by atoms with van der Waals surface area (Å²) in [6.45, 7) is 5.84. The maximum Gasteiger partial charge on any atom is 0.257 e. The highest BCUT2D eigenvalue weighted by Crippen LogP contribution is 2.19. The lowest BCUT2D eigenvalue weighted by Gasteiger charge is -2.11. The second kappa shape index (κ2) is 8.89. The van der Waals surface area contributed by atoms with E-state index in [1.54, 1.807) is 0 Å². The van der Waals surface area contributed by atoms with Gasteiger partial charge in [-0.25, -0.2) is 0 Å². The number of hydrogen-bond acceptors (Lipinski definition) is 2. The van der Waals surface area contributed by atoms with E-state index in [1.807, 2.05) is 50.2 Å². The predicted octanol–water partition coefficient (Wildman–Crippen LogP) is 4.51. The van der Waals surface area contributed by atoms with Crippen LogP contribution in [0.1, 0.15) is 32.9 Å². The van der Waals surface area contributed by atoms with Gasteiger partial charge in [0.2, 0.25) is 0 Å². The molecule has 4 nitrogen and oxygen atoms in total. The number of anilines is 1. The van der Waals surface area contributed by atoms with E-state index in [4.69, 9.17) is 0 Å². The monoisotopic (exact) mass is 375 g/mol. The molecule has 28 heavy (non-hydrogen) atoms. The van der Waals surface area contributed by atoms with Crippen LogP contribution in [-0.2, 0) is 13.0 Å². The minimum Gasteiger partial charge on any atom is -0.344 e. The minimum atomic E-state index is -0.0616. The molecule has 0 unspecified atom stereocenters. The highest BCUT2D eigenvalue weighted by molar-refractivity contribution is 6.05. The third-order valence-electron chi connectivity index (χ3n) is 5.06. The molecule has 0 aliphatic rings. The third kappa shape index (κ3) is 4.90. The number of aromatic nitrogens is 1. The molecule has 1 aromatic heterocycles. The van der Waals surface area contributed by atoms with Crippen molar-refractivity contribution in [3.05, 3.63) is 88.7 Å². The lowest BCUT2D eigenvalue weighted by molar-refractivity contribution is 0.102. The number of aryl methyl sites for hydroxylation is 1. The largest absolute Gasteiger partial charge is 0.344 e. The molecular formula is C24H29N3O. The molecule has 4 heteroatoms. The second-order valence-electron chi connectivity index (χ2n) is 7.56. The number of carbonyl (C=O) groups is 1. The van der Waals surface area contributed by atoms with E-state index >= 15 is 0 Å². The molecular weight excluding hydrogens is 346 g/mol. The first-order chi connectivity index (χ1) is 13.4. The number of amides is 1. The van der Waals surface area contributed by atoms with Crippen LogP contribution in [0.5, 0.6) is 0 Å². The third-order valence-corrected chi connectivity index (χ3v) is 5.06. The van der Waals surface area contributed by atoms with Crippen LogP contribution in [0.15, 0.2) is 60.7 Å². The Balaban J connectivity index is 1.70. The van der Waals surface area contributed by atoms with E-state index in [1.165, 1.54) is 11.1 Å². The van der Waals surface area contributed by atoms with Crippen LogP contribution in [0, 0.1) is 13.8 Å². The molecule has 0 aliphatic carbocycles. The zero-order valence-electron chi connectivity index (χ0n) is 17.2. The smallest absolute Gasteiger partial charge is 0.257 e. The summed E-state index contributed by atoms with van der Waals surface area (Å²) in [4.78, 5) is 15.0. The summed E-state index contributed by atoms with van der Waals surface area (Å²) in [5.41, 5.74) is 6.13. The van der Waals surface area contributed by atoms with Crippen LogP contribution in [0.25, 0.3) is 0 Å². The molecule has 1 amide bonds. The zero-order valence-corrected chi connectivity index (χ0v) is 17.2. The van der Waals surface area contributed by atoms with Crippen molar-refractivity contribution in [1.82, 2.24) is 9.47 Å². The van der Waals surface area contributed by atoms with Crippen molar-refractivity contribution >= 4 is 11.6 Å². The van der Waals surface area contributed by atoms with Crippen molar-refractivity contribution in [2.45, 2.75) is 26.8 Å². The van der Waals surface area contributed by atoms with Gasteiger partial charge in [-0.2, -0.15) is 0 Å². The SMILES string of the molecule is Cc1cc(C(=O)Nc2ccc(CCN(C)C)cc2)c(C)n1Cc1ccccc1. The number of hydrogen-bond donors (Lipinski definition) is 1. The van der Waals surface area contributed by atoms with E-state index in [0.717, 1.165) is 42.1 Å². The molecule has 0 atom stereocenters. The average Bonchev–Trinajstić information content (AvgIpc) is 2.96. The van der Waals surface area contributed by atoms with Crippen LogP contribution in [-0.4, -0.2) is 36.0 Å². The zero-order chi connectivity index (χ0) is 20.1. The molecule has 1 heterocycles. The highest BCUT2D eigenvalue weighted by atomic mass is 16.1. The quantitative estimate of drug-likeness (QED) is 0.660. The summed E-state index contributed by atoms with van der Waals surface area (Å²) in [6.07, 6.45) is 1.00. The molecule has 3 rings (SSSR count). The summed E-state index contributed by atoms with van der Waals surface area (Å²) in [5.74, 6) is -0.0616. The van der Waals surface area contributed by atoms with Gasteiger partial charge in [-0.15, -0.1) is 0 Å². The van der Waals surface area contributed by atoms with Gasteiger partial charge in [0.15, 0.2) is 0 Å². The molecule has 3 aromatic rings. The Kier molecular flexibility index (Phi) is 6.32. The van der Waals surface area contributed by atoms with Gasteiger partial charge >= 0.3 is 0 Å². The van der Waals surface area contributed by atoms with E-state index in [9.17, 15) is 4.79 Å². The molecule has 146 valence electrons.